The van der Waals surface area contributed by atoms with Gasteiger partial charge >= 0.3 is 0 Å². The van der Waals surface area contributed by atoms with Gasteiger partial charge in [0.25, 0.3) is 5.91 Å². The van der Waals surface area contributed by atoms with Crippen LogP contribution < -0.4 is 5.43 Å². The number of aromatic amines is 1. The maximum Gasteiger partial charge on any atom is 0.261 e. The number of H-pyrrole nitrogens is 1. The van der Waals surface area contributed by atoms with Gasteiger partial charge in [0, 0.05) is 12.7 Å². The number of benzene rings is 2. The molecule has 4 aromatic rings. The summed E-state index contributed by atoms with van der Waals surface area (Å²) < 4.78 is 5.54. The van der Waals surface area contributed by atoms with Crippen molar-refractivity contribution in [3.8, 4) is 0 Å². The molecule has 0 aliphatic heterocycles. The summed E-state index contributed by atoms with van der Waals surface area (Å²) in [5.41, 5.74) is 2.23. The summed E-state index contributed by atoms with van der Waals surface area (Å²) in [5.74, 6) is -0.341. The first-order valence-corrected chi connectivity index (χ1v) is 9.53. The first-order chi connectivity index (χ1) is 14.2. The molecule has 1 N–H and O–H groups in total. The molecule has 1 amide bonds. The summed E-state index contributed by atoms with van der Waals surface area (Å²) in [5, 5.41) is 0.407. The highest BCUT2D eigenvalue weighted by atomic mass is 16.3. The van der Waals surface area contributed by atoms with Crippen LogP contribution in [0.25, 0.3) is 11.0 Å². The van der Waals surface area contributed by atoms with E-state index in [2.05, 4.69) is 22.1 Å². The maximum atomic E-state index is 13.2. The SMILES string of the molecule is O=C(c1coc2ccccc2c1=O)N(CCCc1ccccc1)Cc1cnc[nH]1. The van der Waals surface area contributed by atoms with Crippen LogP contribution in [-0.2, 0) is 13.0 Å². The van der Waals surface area contributed by atoms with Crippen molar-refractivity contribution in [3.05, 3.63) is 100 Å². The smallest absolute Gasteiger partial charge is 0.261 e. The fraction of sp³-hybridized carbons (Fsp3) is 0.174. The number of carbonyl (C=O) groups is 1. The van der Waals surface area contributed by atoms with E-state index in [0.29, 0.717) is 24.1 Å². The molecule has 2 aromatic carbocycles. The number of aryl methyl sites for hydroxylation is 1. The van der Waals surface area contributed by atoms with Gasteiger partial charge in [-0.1, -0.05) is 42.5 Å². The maximum absolute atomic E-state index is 13.2. The Balaban J connectivity index is 1.57. The first kappa shape index (κ1) is 18.7. The largest absolute Gasteiger partial charge is 0.463 e. The molecule has 146 valence electrons. The molecule has 0 saturated heterocycles. The van der Waals surface area contributed by atoms with Gasteiger partial charge in [-0.2, -0.15) is 0 Å². The molecule has 4 rings (SSSR count). The summed E-state index contributed by atoms with van der Waals surface area (Å²) in [6.07, 6.45) is 6.15. The van der Waals surface area contributed by atoms with Crippen molar-refractivity contribution < 1.29 is 9.21 Å². The highest BCUT2D eigenvalue weighted by molar-refractivity contribution is 5.96. The van der Waals surface area contributed by atoms with Gasteiger partial charge in [0.1, 0.15) is 17.4 Å². The Bertz CT molecular complexity index is 1150. The van der Waals surface area contributed by atoms with E-state index in [1.165, 1.54) is 11.8 Å². The Morgan fingerprint density at radius 2 is 1.86 bits per heavy atom. The highest BCUT2D eigenvalue weighted by Gasteiger charge is 2.21. The molecule has 29 heavy (non-hydrogen) atoms. The molecule has 2 heterocycles. The van der Waals surface area contributed by atoms with E-state index in [9.17, 15) is 9.59 Å². The molecule has 0 saturated carbocycles. The third kappa shape index (κ3) is 4.27. The second-order valence-corrected chi connectivity index (χ2v) is 6.87. The molecule has 6 heteroatoms. The fourth-order valence-electron chi connectivity index (χ4n) is 3.34. The lowest BCUT2D eigenvalue weighted by atomic mass is 10.1. The Hall–Kier alpha value is -3.67. The Morgan fingerprint density at radius 3 is 2.66 bits per heavy atom. The van der Waals surface area contributed by atoms with Gasteiger partial charge in [-0.05, 0) is 30.5 Å². The summed E-state index contributed by atoms with van der Waals surface area (Å²) in [7, 11) is 0. The molecule has 0 aliphatic carbocycles. The van der Waals surface area contributed by atoms with Crippen molar-refractivity contribution in [1.29, 1.82) is 0 Å². The molecule has 0 aliphatic rings. The van der Waals surface area contributed by atoms with E-state index in [0.717, 1.165) is 18.5 Å². The molecule has 2 aromatic heterocycles. The van der Waals surface area contributed by atoms with Gasteiger partial charge in [0.05, 0.1) is 24.0 Å². The van der Waals surface area contributed by atoms with Gasteiger partial charge in [-0.25, -0.2) is 4.98 Å². The molecule has 0 bridgehead atoms. The Morgan fingerprint density at radius 1 is 1.07 bits per heavy atom. The van der Waals surface area contributed by atoms with Crippen LogP contribution in [0.1, 0.15) is 28.0 Å². The molecule has 0 spiro atoms. The number of nitrogens with one attached hydrogen (secondary N) is 1. The molecular weight excluding hydrogens is 366 g/mol. The van der Waals surface area contributed by atoms with Crippen molar-refractivity contribution in [2.75, 3.05) is 6.54 Å². The zero-order valence-corrected chi connectivity index (χ0v) is 15.9. The number of carbonyl (C=O) groups excluding carboxylic acids is 1. The normalized spacial score (nSPS) is 10.9. The van der Waals surface area contributed by atoms with Crippen LogP contribution in [0.15, 0.2) is 82.6 Å². The van der Waals surface area contributed by atoms with E-state index in [1.54, 1.807) is 41.7 Å². The number of amides is 1. The zero-order valence-electron chi connectivity index (χ0n) is 15.9. The van der Waals surface area contributed by atoms with E-state index in [-0.39, 0.29) is 16.9 Å². The number of fused-ring (bicyclic) bond motifs is 1. The minimum atomic E-state index is -0.341. The summed E-state index contributed by atoms with van der Waals surface area (Å²) >= 11 is 0. The molecule has 0 radical (unpaired) electrons. The van der Waals surface area contributed by atoms with Crippen LogP contribution in [-0.4, -0.2) is 27.3 Å². The summed E-state index contributed by atoms with van der Waals surface area (Å²) in [6, 6.07) is 17.1. The lowest BCUT2D eigenvalue weighted by Crippen LogP contribution is -2.35. The van der Waals surface area contributed by atoms with Crippen molar-refractivity contribution in [3.63, 3.8) is 0 Å². The van der Waals surface area contributed by atoms with Gasteiger partial charge < -0.3 is 14.3 Å². The lowest BCUT2D eigenvalue weighted by Gasteiger charge is -2.22. The zero-order chi connectivity index (χ0) is 20.1. The molecule has 6 nitrogen and oxygen atoms in total. The number of hydrogen-bond acceptors (Lipinski definition) is 4. The molecular formula is C23H21N3O3. The molecule has 0 fully saturated rings. The number of rotatable bonds is 7. The number of aromatic nitrogens is 2. The van der Waals surface area contributed by atoms with Crippen LogP contribution >= 0.6 is 0 Å². The topological polar surface area (TPSA) is 79.2 Å². The van der Waals surface area contributed by atoms with Gasteiger partial charge in [-0.15, -0.1) is 0 Å². The summed E-state index contributed by atoms with van der Waals surface area (Å²) in [6.45, 7) is 0.860. The predicted octanol–water partition coefficient (Wildman–Crippen LogP) is 3.79. The van der Waals surface area contributed by atoms with Crippen molar-refractivity contribution >= 4 is 16.9 Å². The van der Waals surface area contributed by atoms with Gasteiger partial charge in [0.15, 0.2) is 0 Å². The molecule has 0 atom stereocenters. The van der Waals surface area contributed by atoms with Crippen LogP contribution in [0, 0.1) is 0 Å². The van der Waals surface area contributed by atoms with Gasteiger partial charge in [-0.3, -0.25) is 9.59 Å². The lowest BCUT2D eigenvalue weighted by molar-refractivity contribution is 0.0736. The highest BCUT2D eigenvalue weighted by Crippen LogP contribution is 2.14. The second kappa shape index (κ2) is 8.56. The quantitative estimate of drug-likeness (QED) is 0.523. The Labute approximate surface area is 167 Å². The third-order valence-electron chi connectivity index (χ3n) is 4.85. The number of imidazole rings is 1. The minimum Gasteiger partial charge on any atom is -0.463 e. The van der Waals surface area contributed by atoms with E-state index in [4.69, 9.17) is 4.42 Å². The van der Waals surface area contributed by atoms with Crippen molar-refractivity contribution in [1.82, 2.24) is 14.9 Å². The number of hydrogen-bond donors (Lipinski definition) is 1. The van der Waals surface area contributed by atoms with Crippen molar-refractivity contribution in [2.24, 2.45) is 0 Å². The van der Waals surface area contributed by atoms with Gasteiger partial charge in [0.2, 0.25) is 5.43 Å². The fourth-order valence-corrected chi connectivity index (χ4v) is 3.34. The molecule has 0 unspecified atom stereocenters. The Kier molecular flexibility index (Phi) is 5.52. The standard InChI is InChI=1S/C23H21N3O3/c27-22-19-10-4-5-11-21(19)29-15-20(22)23(28)26(14-18-13-24-16-25-18)12-6-9-17-7-2-1-3-8-17/h1-5,7-8,10-11,13,15-16H,6,9,12,14H2,(H,24,25). The monoisotopic (exact) mass is 387 g/mol. The van der Waals surface area contributed by atoms with Crippen LogP contribution in [0.5, 0.6) is 0 Å². The third-order valence-corrected chi connectivity index (χ3v) is 4.85. The summed E-state index contributed by atoms with van der Waals surface area (Å²) in [4.78, 5) is 34.8. The first-order valence-electron chi connectivity index (χ1n) is 9.53. The van der Waals surface area contributed by atoms with Crippen molar-refractivity contribution in [2.45, 2.75) is 19.4 Å². The number of para-hydroxylation sites is 1. The number of nitrogens with zero attached hydrogens (tertiary/aromatic N) is 2. The van der Waals surface area contributed by atoms with E-state index in [1.807, 2.05) is 18.2 Å². The average molecular weight is 387 g/mol. The minimum absolute atomic E-state index is 0.0444. The van der Waals surface area contributed by atoms with E-state index >= 15 is 0 Å². The van der Waals surface area contributed by atoms with Crippen LogP contribution in [0.3, 0.4) is 0 Å². The average Bonchev–Trinajstić information content (AvgIpc) is 3.27. The van der Waals surface area contributed by atoms with E-state index < -0.39 is 0 Å². The predicted molar refractivity (Wildman–Crippen MR) is 111 cm³/mol. The van der Waals surface area contributed by atoms with Crippen LogP contribution in [0.2, 0.25) is 0 Å². The van der Waals surface area contributed by atoms with Crippen LogP contribution in [0.4, 0.5) is 0 Å². The second-order valence-electron chi connectivity index (χ2n) is 6.87.